The van der Waals surface area contributed by atoms with E-state index in [-0.39, 0.29) is 11.6 Å². The van der Waals surface area contributed by atoms with E-state index in [1.54, 1.807) is 16.7 Å². The van der Waals surface area contributed by atoms with E-state index in [4.69, 9.17) is 5.11 Å². The highest BCUT2D eigenvalue weighted by atomic mass is 32.2. The summed E-state index contributed by atoms with van der Waals surface area (Å²) in [5, 5.41) is 17.6. The zero-order chi connectivity index (χ0) is 16.2. The molecular weight excluding hydrogens is 317 g/mol. The Bertz CT molecular complexity index is 819. The minimum atomic E-state index is -0.930. The molecule has 1 heterocycles. The Morgan fingerprint density at radius 2 is 1.78 bits per heavy atom. The lowest BCUT2D eigenvalue weighted by molar-refractivity contribution is -0.133. The lowest BCUT2D eigenvalue weighted by atomic mass is 10.2. The Kier molecular flexibility index (Phi) is 4.38. The number of halogens is 1. The molecule has 0 atom stereocenters. The van der Waals surface area contributed by atoms with Crippen molar-refractivity contribution in [2.75, 3.05) is 5.75 Å². The first-order chi connectivity index (χ1) is 11.1. The fourth-order valence-electron chi connectivity index (χ4n) is 2.09. The van der Waals surface area contributed by atoms with Crippen LogP contribution in [0.2, 0.25) is 0 Å². The smallest absolute Gasteiger partial charge is 0.313 e. The van der Waals surface area contributed by atoms with Crippen molar-refractivity contribution < 1.29 is 14.3 Å². The van der Waals surface area contributed by atoms with Gasteiger partial charge in [0.05, 0.1) is 5.75 Å². The lowest BCUT2D eigenvalue weighted by Crippen LogP contribution is -2.03. The van der Waals surface area contributed by atoms with Gasteiger partial charge in [0.25, 0.3) is 0 Å². The zero-order valence-electron chi connectivity index (χ0n) is 11.9. The van der Waals surface area contributed by atoms with E-state index in [1.807, 2.05) is 30.3 Å². The largest absolute Gasteiger partial charge is 0.481 e. The van der Waals surface area contributed by atoms with Gasteiger partial charge in [0.15, 0.2) is 11.0 Å². The fourth-order valence-corrected chi connectivity index (χ4v) is 2.76. The van der Waals surface area contributed by atoms with E-state index in [0.29, 0.717) is 16.5 Å². The van der Waals surface area contributed by atoms with Crippen LogP contribution in [-0.2, 0) is 4.79 Å². The van der Waals surface area contributed by atoms with Crippen LogP contribution in [0.15, 0.2) is 59.8 Å². The average Bonchev–Trinajstić information content (AvgIpc) is 2.98. The summed E-state index contributed by atoms with van der Waals surface area (Å²) in [6.45, 7) is 0. The molecule has 1 N–H and O–H groups in total. The van der Waals surface area contributed by atoms with Gasteiger partial charge in [-0.05, 0) is 36.4 Å². The van der Waals surface area contributed by atoms with E-state index in [1.165, 1.54) is 12.1 Å². The molecule has 0 radical (unpaired) electrons. The van der Waals surface area contributed by atoms with Gasteiger partial charge in [-0.15, -0.1) is 10.2 Å². The number of nitrogens with zero attached hydrogens (tertiary/aromatic N) is 3. The summed E-state index contributed by atoms with van der Waals surface area (Å²) in [5.41, 5.74) is 1.51. The molecule has 23 heavy (non-hydrogen) atoms. The van der Waals surface area contributed by atoms with Gasteiger partial charge in [0.2, 0.25) is 0 Å². The summed E-state index contributed by atoms with van der Waals surface area (Å²) in [6.07, 6.45) is 0. The highest BCUT2D eigenvalue weighted by Gasteiger charge is 2.16. The van der Waals surface area contributed by atoms with Gasteiger partial charge in [-0.1, -0.05) is 30.0 Å². The Balaban J connectivity index is 2.09. The number of hydrogen-bond donors (Lipinski definition) is 1. The molecule has 3 rings (SSSR count). The lowest BCUT2D eigenvalue weighted by Gasteiger charge is -2.09. The van der Waals surface area contributed by atoms with Gasteiger partial charge in [0, 0.05) is 11.3 Å². The molecule has 0 aliphatic carbocycles. The molecule has 7 heteroatoms. The predicted octanol–water partition coefficient (Wildman–Crippen LogP) is 3.25. The van der Waals surface area contributed by atoms with Crippen molar-refractivity contribution in [2.24, 2.45) is 0 Å². The summed E-state index contributed by atoms with van der Waals surface area (Å²) in [5.74, 6) is -0.848. The first kappa shape index (κ1) is 15.2. The molecule has 0 aliphatic heterocycles. The third-order valence-electron chi connectivity index (χ3n) is 3.07. The van der Waals surface area contributed by atoms with Crippen molar-refractivity contribution in [2.45, 2.75) is 5.16 Å². The molecule has 0 fully saturated rings. The first-order valence-corrected chi connectivity index (χ1v) is 7.75. The van der Waals surface area contributed by atoms with Crippen LogP contribution >= 0.6 is 11.8 Å². The Hall–Kier alpha value is -2.67. The quantitative estimate of drug-likeness (QED) is 0.728. The van der Waals surface area contributed by atoms with Crippen LogP contribution in [0, 0.1) is 5.82 Å². The molecule has 0 spiro atoms. The summed E-state index contributed by atoms with van der Waals surface area (Å²) in [7, 11) is 0. The number of aliphatic carboxylic acids is 1. The number of hydrogen-bond acceptors (Lipinski definition) is 4. The molecule has 0 bridgehead atoms. The number of carbonyl (C=O) groups is 1. The van der Waals surface area contributed by atoms with Crippen LogP contribution < -0.4 is 0 Å². The van der Waals surface area contributed by atoms with Gasteiger partial charge in [-0.2, -0.15) is 0 Å². The summed E-state index contributed by atoms with van der Waals surface area (Å²) >= 11 is 1.08. The summed E-state index contributed by atoms with van der Waals surface area (Å²) in [6, 6.07) is 15.3. The van der Waals surface area contributed by atoms with Crippen LogP contribution in [-0.4, -0.2) is 31.6 Å². The van der Waals surface area contributed by atoms with Crippen LogP contribution in [0.1, 0.15) is 0 Å². The molecule has 116 valence electrons. The van der Waals surface area contributed by atoms with Crippen molar-refractivity contribution in [1.29, 1.82) is 0 Å². The number of para-hydroxylation sites is 1. The maximum absolute atomic E-state index is 13.1. The number of carboxylic acid groups (broad SMARTS) is 1. The van der Waals surface area contributed by atoms with Crippen LogP contribution in [0.25, 0.3) is 17.1 Å². The monoisotopic (exact) mass is 329 g/mol. The van der Waals surface area contributed by atoms with Crippen molar-refractivity contribution in [3.05, 3.63) is 60.4 Å². The Morgan fingerprint density at radius 3 is 2.43 bits per heavy atom. The van der Waals surface area contributed by atoms with Gasteiger partial charge < -0.3 is 5.11 Å². The molecule has 0 saturated heterocycles. The summed E-state index contributed by atoms with van der Waals surface area (Å²) in [4.78, 5) is 10.8. The molecule has 0 amide bonds. The molecule has 5 nitrogen and oxygen atoms in total. The molecule has 0 aliphatic rings. The molecule has 3 aromatic rings. The predicted molar refractivity (Wildman–Crippen MR) is 85.1 cm³/mol. The fraction of sp³-hybridized carbons (Fsp3) is 0.0625. The third kappa shape index (κ3) is 3.40. The maximum Gasteiger partial charge on any atom is 0.313 e. The van der Waals surface area contributed by atoms with Crippen molar-refractivity contribution in [3.8, 4) is 17.1 Å². The average molecular weight is 329 g/mol. The van der Waals surface area contributed by atoms with E-state index in [0.717, 1.165) is 17.4 Å². The number of rotatable bonds is 5. The van der Waals surface area contributed by atoms with Crippen molar-refractivity contribution in [3.63, 3.8) is 0 Å². The Labute approximate surface area is 135 Å². The normalized spacial score (nSPS) is 10.7. The van der Waals surface area contributed by atoms with E-state index >= 15 is 0 Å². The Morgan fingerprint density at radius 1 is 1.09 bits per heavy atom. The molecule has 2 aromatic carbocycles. The van der Waals surface area contributed by atoms with Gasteiger partial charge >= 0.3 is 5.97 Å². The topological polar surface area (TPSA) is 68.0 Å². The second-order valence-electron chi connectivity index (χ2n) is 4.67. The standard InChI is InChI=1S/C16H12FN3O2S/c17-12-8-6-11(7-9-12)15-18-19-16(23-10-14(21)22)20(15)13-4-2-1-3-5-13/h1-9H,10H2,(H,21,22). The van der Waals surface area contributed by atoms with Gasteiger partial charge in [-0.3, -0.25) is 9.36 Å². The maximum atomic E-state index is 13.1. The van der Waals surface area contributed by atoms with Crippen LogP contribution in [0.4, 0.5) is 4.39 Å². The van der Waals surface area contributed by atoms with Gasteiger partial charge in [-0.25, -0.2) is 4.39 Å². The van der Waals surface area contributed by atoms with E-state index < -0.39 is 5.97 Å². The molecule has 0 unspecified atom stereocenters. The highest BCUT2D eigenvalue weighted by Crippen LogP contribution is 2.27. The second kappa shape index (κ2) is 6.62. The summed E-state index contributed by atoms with van der Waals surface area (Å²) < 4.78 is 14.9. The number of aromatic nitrogens is 3. The molecule has 0 saturated carbocycles. The SMILES string of the molecule is O=C(O)CSc1nnc(-c2ccc(F)cc2)n1-c1ccccc1. The zero-order valence-corrected chi connectivity index (χ0v) is 12.7. The number of benzene rings is 2. The second-order valence-corrected chi connectivity index (χ2v) is 5.61. The third-order valence-corrected chi connectivity index (χ3v) is 3.99. The van der Waals surface area contributed by atoms with E-state index in [2.05, 4.69) is 10.2 Å². The van der Waals surface area contributed by atoms with Crippen LogP contribution in [0.3, 0.4) is 0 Å². The first-order valence-electron chi connectivity index (χ1n) is 6.76. The minimum absolute atomic E-state index is 0.117. The van der Waals surface area contributed by atoms with Crippen molar-refractivity contribution >= 4 is 17.7 Å². The van der Waals surface area contributed by atoms with Crippen molar-refractivity contribution in [1.82, 2.24) is 14.8 Å². The van der Waals surface area contributed by atoms with Crippen LogP contribution in [0.5, 0.6) is 0 Å². The highest BCUT2D eigenvalue weighted by molar-refractivity contribution is 7.99. The van der Waals surface area contributed by atoms with E-state index in [9.17, 15) is 9.18 Å². The number of carboxylic acids is 1. The molecular formula is C16H12FN3O2S. The molecule has 1 aromatic heterocycles. The number of thioether (sulfide) groups is 1. The minimum Gasteiger partial charge on any atom is -0.481 e. The van der Waals surface area contributed by atoms with Gasteiger partial charge in [0.1, 0.15) is 5.82 Å².